The van der Waals surface area contributed by atoms with Gasteiger partial charge in [0, 0.05) is 12.6 Å². The zero-order valence-corrected chi connectivity index (χ0v) is 11.6. The van der Waals surface area contributed by atoms with Gasteiger partial charge >= 0.3 is 0 Å². The number of nitrogens with two attached hydrogens (primary N) is 1. The van der Waals surface area contributed by atoms with Crippen LogP contribution >= 0.6 is 23.2 Å². The lowest BCUT2D eigenvalue weighted by Crippen LogP contribution is -2.39. The van der Waals surface area contributed by atoms with Gasteiger partial charge in [-0.15, -0.1) is 0 Å². The van der Waals surface area contributed by atoms with E-state index in [-0.39, 0.29) is 27.5 Å². The maximum absolute atomic E-state index is 12.0. The van der Waals surface area contributed by atoms with Crippen LogP contribution in [0.4, 0.5) is 0 Å². The first-order valence-electron chi connectivity index (χ1n) is 5.08. The Balaban J connectivity index is 3.09. The fraction of sp³-hybridized carbons (Fsp3) is 0.400. The molecular weight excluding hydrogens is 283 g/mol. The van der Waals surface area contributed by atoms with E-state index in [1.54, 1.807) is 0 Å². The molecule has 0 amide bonds. The molecule has 0 radical (unpaired) electrons. The fourth-order valence-corrected chi connectivity index (χ4v) is 3.37. The zero-order valence-electron chi connectivity index (χ0n) is 9.28. The number of sulfonamides is 1. The highest BCUT2D eigenvalue weighted by atomic mass is 35.5. The van der Waals surface area contributed by atoms with Gasteiger partial charge in [0.25, 0.3) is 0 Å². The van der Waals surface area contributed by atoms with Crippen LogP contribution in [0, 0.1) is 0 Å². The average Bonchev–Trinajstić information content (AvgIpc) is 2.29. The van der Waals surface area contributed by atoms with Gasteiger partial charge in [0.2, 0.25) is 10.0 Å². The Morgan fingerprint density at radius 2 is 2.06 bits per heavy atom. The van der Waals surface area contributed by atoms with Gasteiger partial charge in [-0.05, 0) is 18.6 Å². The number of rotatable bonds is 5. The van der Waals surface area contributed by atoms with E-state index in [0.29, 0.717) is 6.42 Å². The fourth-order valence-electron chi connectivity index (χ4n) is 1.27. The quantitative estimate of drug-likeness (QED) is 0.873. The third kappa shape index (κ3) is 3.56. The van der Waals surface area contributed by atoms with Crippen molar-refractivity contribution in [1.82, 2.24) is 4.72 Å². The van der Waals surface area contributed by atoms with Crippen LogP contribution < -0.4 is 10.5 Å². The molecule has 0 spiro atoms. The van der Waals surface area contributed by atoms with E-state index < -0.39 is 10.0 Å². The molecule has 1 aromatic rings. The molecule has 3 N–H and O–H groups in total. The molecule has 1 atom stereocenters. The molecule has 0 bridgehead atoms. The molecule has 0 aromatic heterocycles. The van der Waals surface area contributed by atoms with Crippen LogP contribution in [0.15, 0.2) is 23.1 Å². The van der Waals surface area contributed by atoms with Crippen molar-refractivity contribution < 1.29 is 8.42 Å². The van der Waals surface area contributed by atoms with Gasteiger partial charge in [-0.2, -0.15) is 0 Å². The minimum Gasteiger partial charge on any atom is -0.329 e. The SMILES string of the molecule is CCC(CN)NS(=O)(=O)c1cccc(Cl)c1Cl. The molecule has 96 valence electrons. The summed E-state index contributed by atoms with van der Waals surface area (Å²) in [5.74, 6) is 0. The lowest BCUT2D eigenvalue weighted by atomic mass is 10.2. The number of halogens is 2. The molecule has 0 saturated heterocycles. The Kier molecular flexibility index (Phi) is 5.22. The number of hydrogen-bond donors (Lipinski definition) is 2. The predicted molar refractivity (Wildman–Crippen MR) is 69.9 cm³/mol. The molecule has 0 fully saturated rings. The predicted octanol–water partition coefficient (Wildman–Crippen LogP) is 2.01. The van der Waals surface area contributed by atoms with Crippen molar-refractivity contribution in [2.75, 3.05) is 6.54 Å². The van der Waals surface area contributed by atoms with E-state index in [1.165, 1.54) is 18.2 Å². The Bertz CT molecular complexity index is 487. The molecule has 17 heavy (non-hydrogen) atoms. The molecule has 0 aliphatic heterocycles. The van der Waals surface area contributed by atoms with Crippen molar-refractivity contribution in [2.45, 2.75) is 24.3 Å². The van der Waals surface area contributed by atoms with E-state index in [4.69, 9.17) is 28.9 Å². The summed E-state index contributed by atoms with van der Waals surface area (Å²) in [5, 5.41) is 0.226. The topological polar surface area (TPSA) is 72.2 Å². The Morgan fingerprint density at radius 3 is 2.59 bits per heavy atom. The maximum atomic E-state index is 12.0. The van der Waals surface area contributed by atoms with Gasteiger partial charge < -0.3 is 5.73 Å². The summed E-state index contributed by atoms with van der Waals surface area (Å²) >= 11 is 11.6. The van der Waals surface area contributed by atoms with Crippen molar-refractivity contribution in [2.24, 2.45) is 5.73 Å². The monoisotopic (exact) mass is 296 g/mol. The highest BCUT2D eigenvalue weighted by Gasteiger charge is 2.21. The van der Waals surface area contributed by atoms with Crippen LogP contribution in [-0.4, -0.2) is 21.0 Å². The molecule has 0 saturated carbocycles. The molecule has 0 heterocycles. The van der Waals surface area contributed by atoms with Gasteiger partial charge in [-0.3, -0.25) is 0 Å². The molecule has 1 rings (SSSR count). The van der Waals surface area contributed by atoms with Crippen LogP contribution in [0.5, 0.6) is 0 Å². The minimum absolute atomic E-state index is 0.0218. The summed E-state index contributed by atoms with van der Waals surface area (Å²) in [5.41, 5.74) is 5.45. The molecule has 1 unspecified atom stereocenters. The normalized spacial score (nSPS) is 13.6. The molecule has 7 heteroatoms. The van der Waals surface area contributed by atoms with Gasteiger partial charge in [0.05, 0.1) is 10.0 Å². The molecule has 0 aliphatic rings. The highest BCUT2D eigenvalue weighted by Crippen LogP contribution is 2.28. The third-order valence-electron chi connectivity index (χ3n) is 2.30. The van der Waals surface area contributed by atoms with Crippen LogP contribution in [0.1, 0.15) is 13.3 Å². The number of nitrogens with one attached hydrogen (secondary N) is 1. The second-order valence-electron chi connectivity index (χ2n) is 3.51. The van der Waals surface area contributed by atoms with Crippen LogP contribution in [0.2, 0.25) is 10.0 Å². The average molecular weight is 297 g/mol. The summed E-state index contributed by atoms with van der Waals surface area (Å²) in [6.07, 6.45) is 0.605. The molecule has 4 nitrogen and oxygen atoms in total. The highest BCUT2D eigenvalue weighted by molar-refractivity contribution is 7.89. The number of benzene rings is 1. The summed E-state index contributed by atoms with van der Waals surface area (Å²) in [6.45, 7) is 2.08. The van der Waals surface area contributed by atoms with Gasteiger partial charge in [-0.1, -0.05) is 36.2 Å². The van der Waals surface area contributed by atoms with E-state index in [9.17, 15) is 8.42 Å². The van der Waals surface area contributed by atoms with Crippen LogP contribution in [0.3, 0.4) is 0 Å². The first kappa shape index (κ1) is 14.7. The van der Waals surface area contributed by atoms with Gasteiger partial charge in [-0.25, -0.2) is 13.1 Å². The lowest BCUT2D eigenvalue weighted by molar-refractivity contribution is 0.542. The largest absolute Gasteiger partial charge is 0.329 e. The standard InChI is InChI=1S/C10H14Cl2N2O2S/c1-2-7(6-13)14-17(15,16)9-5-3-4-8(11)10(9)12/h3-5,7,14H,2,6,13H2,1H3. The second kappa shape index (κ2) is 6.02. The van der Waals surface area contributed by atoms with E-state index in [2.05, 4.69) is 4.72 Å². The van der Waals surface area contributed by atoms with Crippen molar-refractivity contribution in [3.63, 3.8) is 0 Å². The molecular formula is C10H14Cl2N2O2S. The maximum Gasteiger partial charge on any atom is 0.242 e. The molecule has 0 aliphatic carbocycles. The Hall–Kier alpha value is -0.330. The lowest BCUT2D eigenvalue weighted by Gasteiger charge is -2.15. The second-order valence-corrected chi connectivity index (χ2v) is 5.98. The van der Waals surface area contributed by atoms with E-state index in [0.717, 1.165) is 0 Å². The summed E-state index contributed by atoms with van der Waals surface area (Å²) in [6, 6.07) is 4.16. The Morgan fingerprint density at radius 1 is 1.41 bits per heavy atom. The minimum atomic E-state index is -3.68. The van der Waals surface area contributed by atoms with Crippen molar-refractivity contribution in [3.8, 4) is 0 Å². The third-order valence-corrected chi connectivity index (χ3v) is 4.80. The van der Waals surface area contributed by atoms with Crippen molar-refractivity contribution in [1.29, 1.82) is 0 Å². The Labute approximate surface area is 111 Å². The van der Waals surface area contributed by atoms with Crippen molar-refractivity contribution in [3.05, 3.63) is 28.2 Å². The van der Waals surface area contributed by atoms with E-state index in [1.807, 2.05) is 6.92 Å². The first-order chi connectivity index (χ1) is 7.92. The van der Waals surface area contributed by atoms with Crippen LogP contribution in [-0.2, 0) is 10.0 Å². The van der Waals surface area contributed by atoms with E-state index >= 15 is 0 Å². The van der Waals surface area contributed by atoms with Gasteiger partial charge in [0.1, 0.15) is 4.90 Å². The van der Waals surface area contributed by atoms with Crippen molar-refractivity contribution >= 4 is 33.2 Å². The summed E-state index contributed by atoms with van der Waals surface area (Å²) in [4.78, 5) is -0.0291. The van der Waals surface area contributed by atoms with Crippen LogP contribution in [0.25, 0.3) is 0 Å². The molecule has 1 aromatic carbocycles. The summed E-state index contributed by atoms with van der Waals surface area (Å²) < 4.78 is 26.5. The smallest absolute Gasteiger partial charge is 0.242 e. The zero-order chi connectivity index (χ0) is 13.1. The first-order valence-corrected chi connectivity index (χ1v) is 7.32. The summed E-state index contributed by atoms with van der Waals surface area (Å²) in [7, 11) is -3.68. The van der Waals surface area contributed by atoms with Gasteiger partial charge in [0.15, 0.2) is 0 Å². The number of hydrogen-bond acceptors (Lipinski definition) is 3.